The molecule has 3 heteroatoms. The number of methoxy groups -OCH3 is 2. The molecule has 0 bridgehead atoms. The third-order valence-corrected chi connectivity index (χ3v) is 2.67. The Labute approximate surface area is 89.8 Å². The van der Waals surface area contributed by atoms with Crippen molar-refractivity contribution in [1.82, 2.24) is 0 Å². The molecule has 0 aliphatic heterocycles. The minimum Gasteiger partial charge on any atom is -0.493 e. The van der Waals surface area contributed by atoms with Gasteiger partial charge in [-0.1, -0.05) is 13.0 Å². The molecule has 0 aliphatic carbocycles. The van der Waals surface area contributed by atoms with Gasteiger partial charge in [-0.2, -0.15) is 0 Å². The number of rotatable bonds is 4. The molecule has 0 radical (unpaired) electrons. The van der Waals surface area contributed by atoms with Crippen molar-refractivity contribution in [1.29, 1.82) is 0 Å². The monoisotopic (exact) mass is 214 g/mol. The van der Waals surface area contributed by atoms with E-state index in [1.165, 1.54) is 0 Å². The van der Waals surface area contributed by atoms with Gasteiger partial charge in [-0.05, 0) is 23.6 Å². The summed E-state index contributed by atoms with van der Waals surface area (Å²) in [5.41, 5.74) is 1.16. The molecule has 1 rings (SSSR count). The summed E-state index contributed by atoms with van der Waals surface area (Å²) < 4.78 is 10.4. The Kier molecular flexibility index (Phi) is 4.08. The second-order valence-corrected chi connectivity index (χ2v) is 3.48. The van der Waals surface area contributed by atoms with Gasteiger partial charge in [-0.15, -0.1) is 11.6 Å². The Morgan fingerprint density at radius 1 is 1.21 bits per heavy atom. The lowest BCUT2D eigenvalue weighted by molar-refractivity contribution is 0.354. The highest BCUT2D eigenvalue weighted by atomic mass is 35.5. The zero-order valence-electron chi connectivity index (χ0n) is 8.71. The van der Waals surface area contributed by atoms with E-state index in [1.54, 1.807) is 14.2 Å². The van der Waals surface area contributed by atoms with Crippen LogP contribution in [0.5, 0.6) is 11.5 Å². The minimum absolute atomic E-state index is 0.330. The zero-order valence-corrected chi connectivity index (χ0v) is 9.47. The van der Waals surface area contributed by atoms with Crippen LogP contribution in [0.15, 0.2) is 18.2 Å². The quantitative estimate of drug-likeness (QED) is 0.718. The first-order valence-corrected chi connectivity index (χ1v) is 5.04. The Bertz CT molecular complexity index is 299. The van der Waals surface area contributed by atoms with Gasteiger partial charge in [-0.25, -0.2) is 0 Å². The lowest BCUT2D eigenvalue weighted by Gasteiger charge is -2.12. The smallest absolute Gasteiger partial charge is 0.160 e. The van der Waals surface area contributed by atoms with E-state index in [2.05, 4.69) is 6.92 Å². The Balaban J connectivity index is 3.01. The number of hydrogen-bond donors (Lipinski definition) is 0. The maximum atomic E-state index is 5.78. The van der Waals surface area contributed by atoms with E-state index in [4.69, 9.17) is 21.1 Å². The van der Waals surface area contributed by atoms with E-state index in [0.717, 1.165) is 17.1 Å². The van der Waals surface area contributed by atoms with Crippen LogP contribution in [-0.2, 0) is 0 Å². The molecule has 0 saturated carbocycles. The van der Waals surface area contributed by atoms with Gasteiger partial charge >= 0.3 is 0 Å². The van der Waals surface area contributed by atoms with E-state index < -0.39 is 0 Å². The third kappa shape index (κ3) is 2.32. The van der Waals surface area contributed by atoms with Crippen molar-refractivity contribution in [2.24, 2.45) is 0 Å². The highest BCUT2D eigenvalue weighted by Crippen LogP contribution is 2.30. The van der Waals surface area contributed by atoms with Crippen molar-refractivity contribution < 1.29 is 9.47 Å². The molecule has 0 amide bonds. The molecule has 1 atom stereocenters. The number of hydrogen-bond acceptors (Lipinski definition) is 2. The van der Waals surface area contributed by atoms with Crippen LogP contribution < -0.4 is 9.47 Å². The molecule has 78 valence electrons. The largest absolute Gasteiger partial charge is 0.493 e. The Morgan fingerprint density at radius 3 is 2.36 bits per heavy atom. The second kappa shape index (κ2) is 5.11. The average Bonchev–Trinajstić information content (AvgIpc) is 2.26. The first-order chi connectivity index (χ1) is 6.72. The van der Waals surface area contributed by atoms with Crippen molar-refractivity contribution in [3.63, 3.8) is 0 Å². The van der Waals surface area contributed by atoms with Crippen LogP contribution in [0.2, 0.25) is 0 Å². The number of ether oxygens (including phenoxy) is 2. The van der Waals surface area contributed by atoms with Gasteiger partial charge in [0.1, 0.15) is 0 Å². The fourth-order valence-corrected chi connectivity index (χ4v) is 1.43. The van der Waals surface area contributed by atoms with E-state index in [0.29, 0.717) is 11.8 Å². The maximum Gasteiger partial charge on any atom is 0.160 e. The summed E-state index contributed by atoms with van der Waals surface area (Å²) in [5.74, 6) is 2.44. The van der Waals surface area contributed by atoms with E-state index in [-0.39, 0.29) is 0 Å². The summed E-state index contributed by atoms with van der Waals surface area (Å²) >= 11 is 5.78. The first kappa shape index (κ1) is 11.2. The van der Waals surface area contributed by atoms with Gasteiger partial charge in [0.05, 0.1) is 14.2 Å². The second-order valence-electron chi connectivity index (χ2n) is 3.17. The predicted octanol–water partition coefficient (Wildman–Crippen LogP) is 3.05. The summed E-state index contributed by atoms with van der Waals surface area (Å²) in [5, 5.41) is 0. The SMILES string of the molecule is COc1ccc(C(C)CCl)cc1OC. The first-order valence-electron chi connectivity index (χ1n) is 4.50. The van der Waals surface area contributed by atoms with Crippen LogP contribution in [0.25, 0.3) is 0 Å². The van der Waals surface area contributed by atoms with Crippen LogP contribution >= 0.6 is 11.6 Å². The van der Waals surface area contributed by atoms with E-state index >= 15 is 0 Å². The topological polar surface area (TPSA) is 18.5 Å². The Hall–Kier alpha value is -0.890. The highest BCUT2D eigenvalue weighted by molar-refractivity contribution is 6.18. The summed E-state index contributed by atoms with van der Waals surface area (Å²) in [6.07, 6.45) is 0. The normalized spacial score (nSPS) is 12.3. The lowest BCUT2D eigenvalue weighted by Crippen LogP contribution is -1.97. The van der Waals surface area contributed by atoms with Gasteiger partial charge in [0.2, 0.25) is 0 Å². The van der Waals surface area contributed by atoms with Gasteiger partial charge in [0.25, 0.3) is 0 Å². The predicted molar refractivity (Wildman–Crippen MR) is 58.7 cm³/mol. The fourth-order valence-electron chi connectivity index (χ4n) is 1.25. The summed E-state index contributed by atoms with van der Waals surface area (Å²) in [7, 11) is 3.26. The van der Waals surface area contributed by atoms with E-state index in [9.17, 15) is 0 Å². The van der Waals surface area contributed by atoms with Gasteiger partial charge in [0, 0.05) is 5.88 Å². The third-order valence-electron chi connectivity index (χ3n) is 2.21. The molecular weight excluding hydrogens is 200 g/mol. The molecule has 1 unspecified atom stereocenters. The molecule has 2 nitrogen and oxygen atoms in total. The van der Waals surface area contributed by atoms with Crippen molar-refractivity contribution in [3.05, 3.63) is 23.8 Å². The number of alkyl halides is 1. The van der Waals surface area contributed by atoms with Crippen molar-refractivity contribution in [3.8, 4) is 11.5 Å². The molecule has 1 aromatic carbocycles. The van der Waals surface area contributed by atoms with Gasteiger partial charge in [-0.3, -0.25) is 0 Å². The number of benzene rings is 1. The summed E-state index contributed by atoms with van der Waals surface area (Å²) in [6, 6.07) is 5.87. The van der Waals surface area contributed by atoms with Crippen molar-refractivity contribution in [2.75, 3.05) is 20.1 Å². The molecule has 0 heterocycles. The lowest BCUT2D eigenvalue weighted by atomic mass is 10.0. The molecule has 0 N–H and O–H groups in total. The van der Waals surface area contributed by atoms with E-state index in [1.807, 2.05) is 18.2 Å². The van der Waals surface area contributed by atoms with Crippen molar-refractivity contribution >= 4 is 11.6 Å². The summed E-state index contributed by atoms with van der Waals surface area (Å²) in [4.78, 5) is 0. The van der Waals surface area contributed by atoms with Gasteiger partial charge < -0.3 is 9.47 Å². The molecule has 0 saturated heterocycles. The van der Waals surface area contributed by atoms with Crippen LogP contribution in [-0.4, -0.2) is 20.1 Å². The highest BCUT2D eigenvalue weighted by Gasteiger charge is 2.08. The van der Waals surface area contributed by atoms with Crippen LogP contribution in [0.3, 0.4) is 0 Å². The average molecular weight is 215 g/mol. The Morgan fingerprint density at radius 2 is 1.86 bits per heavy atom. The molecule has 0 fully saturated rings. The van der Waals surface area contributed by atoms with Crippen molar-refractivity contribution in [2.45, 2.75) is 12.8 Å². The minimum atomic E-state index is 0.330. The molecule has 0 aromatic heterocycles. The van der Waals surface area contributed by atoms with Crippen LogP contribution in [0, 0.1) is 0 Å². The van der Waals surface area contributed by atoms with Crippen LogP contribution in [0.1, 0.15) is 18.4 Å². The maximum absolute atomic E-state index is 5.78. The summed E-state index contributed by atoms with van der Waals surface area (Å²) in [6.45, 7) is 2.08. The zero-order chi connectivity index (χ0) is 10.6. The number of halogens is 1. The molecule has 14 heavy (non-hydrogen) atoms. The molecule has 0 aliphatic rings. The van der Waals surface area contributed by atoms with Gasteiger partial charge in [0.15, 0.2) is 11.5 Å². The fraction of sp³-hybridized carbons (Fsp3) is 0.455. The molecule has 0 spiro atoms. The van der Waals surface area contributed by atoms with Crippen LogP contribution in [0.4, 0.5) is 0 Å². The molecule has 1 aromatic rings. The molecular formula is C11H15ClO2. The standard InChI is InChI=1S/C11H15ClO2/c1-8(7-12)9-4-5-10(13-2)11(6-9)14-3/h4-6,8H,7H2,1-3H3.